The van der Waals surface area contributed by atoms with E-state index in [4.69, 9.17) is 5.21 Å². The van der Waals surface area contributed by atoms with Crippen molar-refractivity contribution in [1.29, 1.82) is 0 Å². The second-order valence-corrected chi connectivity index (χ2v) is 4.84. The van der Waals surface area contributed by atoms with Crippen LogP contribution in [0, 0.1) is 5.21 Å². The fourth-order valence-corrected chi connectivity index (χ4v) is 1.36. The van der Waals surface area contributed by atoms with E-state index < -0.39 is 5.54 Å². The number of hydrogen-bond donors (Lipinski definition) is 1. The smallest absolute Gasteiger partial charge is 0.205 e. The third-order valence-electron chi connectivity index (χ3n) is 2.62. The van der Waals surface area contributed by atoms with E-state index in [1.54, 1.807) is 13.8 Å². The Morgan fingerprint density at radius 1 is 1.28 bits per heavy atom. The molecule has 1 aromatic rings. The molecule has 0 spiro atoms. The maximum absolute atomic E-state index is 11.9. The highest BCUT2D eigenvalue weighted by molar-refractivity contribution is 5.78. The molecule has 1 N–H and O–H groups in total. The number of hydroxylamine groups is 1. The molecule has 0 heterocycles. The molecule has 18 heavy (non-hydrogen) atoms. The fourth-order valence-electron chi connectivity index (χ4n) is 1.36. The van der Waals surface area contributed by atoms with E-state index in [0.29, 0.717) is 0 Å². The molecule has 0 saturated heterocycles. The zero-order valence-electron chi connectivity index (χ0n) is 11.2. The molecule has 0 bridgehead atoms. The Balaban J connectivity index is 2.95. The van der Waals surface area contributed by atoms with Gasteiger partial charge in [0.15, 0.2) is 6.21 Å². The molecule has 0 aromatic heterocycles. The van der Waals surface area contributed by atoms with Crippen molar-refractivity contribution in [1.82, 2.24) is 0 Å². The summed E-state index contributed by atoms with van der Waals surface area (Å²) >= 11 is 0. The number of hydrogen-bond acceptors (Lipinski definition) is 4. The van der Waals surface area contributed by atoms with E-state index in [2.05, 4.69) is 5.16 Å². The van der Waals surface area contributed by atoms with Gasteiger partial charge in [-0.15, -0.1) is 0 Å². The van der Waals surface area contributed by atoms with Gasteiger partial charge in [0, 0.05) is 39.2 Å². The zero-order chi connectivity index (χ0) is 13.8. The van der Waals surface area contributed by atoms with Gasteiger partial charge in [-0.05, 0) is 24.3 Å². The number of anilines is 1. The Hall–Kier alpha value is -2.04. The standard InChI is InChI=1S/C13H19N3O2/c1-13(2,10-14-17)16(18)9-11-5-7-12(8-6-11)15(3)4/h5-10,17H,1-4H3/b14-10-,16-9-. The Morgan fingerprint density at radius 3 is 2.28 bits per heavy atom. The lowest BCUT2D eigenvalue weighted by Gasteiger charge is -2.18. The molecule has 98 valence electrons. The van der Waals surface area contributed by atoms with Crippen molar-refractivity contribution in [2.45, 2.75) is 19.4 Å². The minimum atomic E-state index is -0.880. The van der Waals surface area contributed by atoms with E-state index in [9.17, 15) is 5.21 Å². The third-order valence-corrected chi connectivity index (χ3v) is 2.62. The molecule has 0 aliphatic rings. The van der Waals surface area contributed by atoms with Gasteiger partial charge in [0.2, 0.25) is 5.54 Å². The first-order valence-corrected chi connectivity index (χ1v) is 5.64. The molecular formula is C13H19N3O2. The van der Waals surface area contributed by atoms with E-state index in [1.165, 1.54) is 12.4 Å². The number of benzene rings is 1. The molecule has 0 atom stereocenters. The van der Waals surface area contributed by atoms with E-state index in [0.717, 1.165) is 16.0 Å². The van der Waals surface area contributed by atoms with Gasteiger partial charge >= 0.3 is 0 Å². The fraction of sp³-hybridized carbons (Fsp3) is 0.385. The van der Waals surface area contributed by atoms with Gasteiger partial charge in [-0.1, -0.05) is 5.16 Å². The summed E-state index contributed by atoms with van der Waals surface area (Å²) in [6, 6.07) is 7.61. The van der Waals surface area contributed by atoms with Gasteiger partial charge in [-0.25, -0.2) is 4.74 Å². The van der Waals surface area contributed by atoms with Gasteiger partial charge in [0.05, 0.1) is 0 Å². The zero-order valence-corrected chi connectivity index (χ0v) is 11.2. The monoisotopic (exact) mass is 249 g/mol. The van der Waals surface area contributed by atoms with E-state index in [-0.39, 0.29) is 0 Å². The summed E-state index contributed by atoms with van der Waals surface area (Å²) in [6.07, 6.45) is 2.67. The summed E-state index contributed by atoms with van der Waals surface area (Å²) in [7, 11) is 3.92. The van der Waals surface area contributed by atoms with Gasteiger partial charge in [0.25, 0.3) is 0 Å². The third kappa shape index (κ3) is 3.48. The molecule has 0 aliphatic heterocycles. The highest BCUT2D eigenvalue weighted by atomic mass is 16.5. The Bertz CT molecular complexity index is 448. The average molecular weight is 249 g/mol. The predicted molar refractivity (Wildman–Crippen MR) is 73.9 cm³/mol. The normalized spacial score (nSPS) is 13.0. The van der Waals surface area contributed by atoms with E-state index >= 15 is 0 Å². The predicted octanol–water partition coefficient (Wildman–Crippen LogP) is 1.92. The van der Waals surface area contributed by atoms with Crippen LogP contribution in [-0.2, 0) is 0 Å². The lowest BCUT2D eigenvalue weighted by Crippen LogP contribution is -2.35. The lowest BCUT2D eigenvalue weighted by atomic mass is 10.1. The molecule has 0 radical (unpaired) electrons. The molecule has 0 aliphatic carbocycles. The van der Waals surface area contributed by atoms with Crippen molar-refractivity contribution in [3.63, 3.8) is 0 Å². The summed E-state index contributed by atoms with van der Waals surface area (Å²) in [5.74, 6) is 0. The van der Waals surface area contributed by atoms with Crippen molar-refractivity contribution < 1.29 is 9.95 Å². The molecule has 0 saturated carbocycles. The number of rotatable bonds is 4. The van der Waals surface area contributed by atoms with Crippen molar-refractivity contribution in [3.05, 3.63) is 35.0 Å². The maximum atomic E-state index is 11.9. The molecule has 1 aromatic carbocycles. The Kier molecular flexibility index (Phi) is 4.31. The topological polar surface area (TPSA) is 61.9 Å². The molecular weight excluding hydrogens is 230 g/mol. The maximum Gasteiger partial charge on any atom is 0.205 e. The number of nitrogens with zero attached hydrogens (tertiary/aromatic N) is 3. The molecule has 5 heteroatoms. The van der Waals surface area contributed by atoms with Gasteiger partial charge < -0.3 is 15.3 Å². The molecule has 5 nitrogen and oxygen atoms in total. The van der Waals surface area contributed by atoms with Crippen molar-refractivity contribution in [2.24, 2.45) is 5.16 Å². The Morgan fingerprint density at radius 2 is 1.83 bits per heavy atom. The summed E-state index contributed by atoms with van der Waals surface area (Å²) < 4.78 is 0.761. The van der Waals surface area contributed by atoms with Crippen LogP contribution >= 0.6 is 0 Å². The van der Waals surface area contributed by atoms with Crippen LogP contribution in [0.2, 0.25) is 0 Å². The highest BCUT2D eigenvalue weighted by Crippen LogP contribution is 2.12. The van der Waals surface area contributed by atoms with Crippen LogP contribution in [0.15, 0.2) is 29.4 Å². The Labute approximate surface area is 107 Å². The summed E-state index contributed by atoms with van der Waals surface area (Å²) in [5, 5.41) is 23.3. The van der Waals surface area contributed by atoms with Crippen molar-refractivity contribution in [3.8, 4) is 0 Å². The van der Waals surface area contributed by atoms with Crippen molar-refractivity contribution in [2.75, 3.05) is 19.0 Å². The summed E-state index contributed by atoms with van der Waals surface area (Å²) in [5.41, 5.74) is 0.991. The van der Waals surface area contributed by atoms with Crippen LogP contribution in [0.25, 0.3) is 0 Å². The molecule has 0 fully saturated rings. The van der Waals surface area contributed by atoms with Crippen LogP contribution < -0.4 is 4.90 Å². The van der Waals surface area contributed by atoms with Gasteiger partial charge in [-0.3, -0.25) is 0 Å². The first-order valence-electron chi connectivity index (χ1n) is 5.64. The quantitative estimate of drug-likeness (QED) is 0.291. The second-order valence-electron chi connectivity index (χ2n) is 4.84. The lowest BCUT2D eigenvalue weighted by molar-refractivity contribution is -0.511. The number of oxime groups is 1. The van der Waals surface area contributed by atoms with E-state index in [1.807, 2.05) is 43.3 Å². The summed E-state index contributed by atoms with van der Waals surface area (Å²) in [4.78, 5) is 1.99. The van der Waals surface area contributed by atoms with Crippen molar-refractivity contribution >= 4 is 18.1 Å². The minimum absolute atomic E-state index is 0.761. The first-order chi connectivity index (χ1) is 8.36. The average Bonchev–Trinajstić information content (AvgIpc) is 2.29. The second kappa shape index (κ2) is 5.53. The summed E-state index contributed by atoms with van der Waals surface area (Å²) in [6.45, 7) is 3.34. The molecule has 0 amide bonds. The van der Waals surface area contributed by atoms with Crippen LogP contribution in [0.5, 0.6) is 0 Å². The van der Waals surface area contributed by atoms with Crippen LogP contribution in [-0.4, -0.2) is 42.0 Å². The minimum Gasteiger partial charge on any atom is -0.623 e. The van der Waals surface area contributed by atoms with Crippen LogP contribution in [0.4, 0.5) is 5.69 Å². The SMILES string of the molecule is CN(C)c1ccc(/C=[N+](\[O-])C(C)(C)/C=N\O)cc1. The van der Waals surface area contributed by atoms with Crippen LogP contribution in [0.1, 0.15) is 19.4 Å². The first kappa shape index (κ1) is 14.0. The largest absolute Gasteiger partial charge is 0.623 e. The van der Waals surface area contributed by atoms with Gasteiger partial charge in [0.1, 0.15) is 6.21 Å². The molecule has 1 rings (SSSR count). The molecule has 0 unspecified atom stereocenters. The highest BCUT2D eigenvalue weighted by Gasteiger charge is 2.23. The van der Waals surface area contributed by atoms with Crippen LogP contribution in [0.3, 0.4) is 0 Å². The van der Waals surface area contributed by atoms with Gasteiger partial charge in [-0.2, -0.15) is 0 Å².